The summed E-state index contributed by atoms with van der Waals surface area (Å²) in [5.74, 6) is 0.892. The van der Waals surface area contributed by atoms with Crippen LogP contribution >= 0.6 is 0 Å². The van der Waals surface area contributed by atoms with Gasteiger partial charge in [-0.3, -0.25) is 9.98 Å². The number of fused-ring (bicyclic) bond motifs is 1. The van der Waals surface area contributed by atoms with Gasteiger partial charge in [0.25, 0.3) is 0 Å². The molecular weight excluding hydrogens is 292 g/mol. The van der Waals surface area contributed by atoms with Crippen LogP contribution in [0.25, 0.3) is 10.9 Å². The van der Waals surface area contributed by atoms with E-state index in [1.165, 1.54) is 11.1 Å². The third-order valence-corrected chi connectivity index (χ3v) is 4.34. The Morgan fingerprint density at radius 1 is 0.833 bits per heavy atom. The van der Waals surface area contributed by atoms with Crippen LogP contribution in [0.3, 0.4) is 0 Å². The standard InChI is InChI=1S/C22H24N2/c1-15(2)19-11-6-12-20(16(3)4)22(19)24-14-18-9-5-8-17-10-7-13-23-21(17)18/h5-16H,1-4H3. The normalized spacial score (nSPS) is 11.9. The summed E-state index contributed by atoms with van der Waals surface area (Å²) in [6, 6.07) is 16.8. The fraction of sp³-hybridized carbons (Fsp3) is 0.273. The average Bonchev–Trinajstić information content (AvgIpc) is 2.59. The molecule has 2 heteroatoms. The molecule has 24 heavy (non-hydrogen) atoms. The molecule has 2 aromatic carbocycles. The van der Waals surface area contributed by atoms with Crippen molar-refractivity contribution in [2.45, 2.75) is 39.5 Å². The highest BCUT2D eigenvalue weighted by Gasteiger charge is 2.12. The zero-order chi connectivity index (χ0) is 17.1. The highest BCUT2D eigenvalue weighted by Crippen LogP contribution is 2.34. The third-order valence-electron chi connectivity index (χ3n) is 4.34. The van der Waals surface area contributed by atoms with Gasteiger partial charge in [-0.1, -0.05) is 70.2 Å². The van der Waals surface area contributed by atoms with Gasteiger partial charge in [-0.15, -0.1) is 0 Å². The van der Waals surface area contributed by atoms with Crippen LogP contribution in [0.5, 0.6) is 0 Å². The predicted molar refractivity (Wildman–Crippen MR) is 104 cm³/mol. The molecule has 3 rings (SSSR count). The molecular formula is C22H24N2. The van der Waals surface area contributed by atoms with Crippen LogP contribution in [-0.2, 0) is 0 Å². The van der Waals surface area contributed by atoms with Gasteiger partial charge in [0.1, 0.15) is 0 Å². The zero-order valence-electron chi connectivity index (χ0n) is 14.8. The first-order chi connectivity index (χ1) is 11.6. The molecule has 0 atom stereocenters. The Bertz CT molecular complexity index is 845. The molecule has 0 unspecified atom stereocenters. The highest BCUT2D eigenvalue weighted by molar-refractivity contribution is 5.98. The zero-order valence-corrected chi connectivity index (χ0v) is 14.8. The van der Waals surface area contributed by atoms with Crippen LogP contribution < -0.4 is 0 Å². The van der Waals surface area contributed by atoms with Crippen LogP contribution in [-0.4, -0.2) is 11.2 Å². The van der Waals surface area contributed by atoms with Crippen molar-refractivity contribution in [1.82, 2.24) is 4.98 Å². The number of aliphatic imine (C=N–C) groups is 1. The molecule has 1 aromatic heterocycles. The molecule has 122 valence electrons. The van der Waals surface area contributed by atoms with Crippen molar-refractivity contribution in [2.24, 2.45) is 4.99 Å². The van der Waals surface area contributed by atoms with Gasteiger partial charge < -0.3 is 0 Å². The molecule has 2 nitrogen and oxygen atoms in total. The molecule has 0 N–H and O–H groups in total. The molecule has 0 saturated carbocycles. The van der Waals surface area contributed by atoms with Crippen LogP contribution in [0, 0.1) is 0 Å². The minimum absolute atomic E-state index is 0.446. The number of benzene rings is 2. The summed E-state index contributed by atoms with van der Waals surface area (Å²) in [7, 11) is 0. The van der Waals surface area contributed by atoms with Gasteiger partial charge >= 0.3 is 0 Å². The summed E-state index contributed by atoms with van der Waals surface area (Å²) in [4.78, 5) is 9.42. The molecule has 0 radical (unpaired) electrons. The van der Waals surface area contributed by atoms with E-state index in [4.69, 9.17) is 4.99 Å². The van der Waals surface area contributed by atoms with Crippen molar-refractivity contribution < 1.29 is 0 Å². The lowest BCUT2D eigenvalue weighted by Crippen LogP contribution is -1.96. The summed E-state index contributed by atoms with van der Waals surface area (Å²) < 4.78 is 0. The van der Waals surface area contributed by atoms with E-state index in [0.717, 1.165) is 22.2 Å². The third kappa shape index (κ3) is 3.23. The second-order valence-corrected chi connectivity index (χ2v) is 6.78. The van der Waals surface area contributed by atoms with Crippen molar-refractivity contribution in [3.63, 3.8) is 0 Å². The van der Waals surface area contributed by atoms with Crippen molar-refractivity contribution in [3.05, 3.63) is 71.4 Å². The Kier molecular flexibility index (Phi) is 4.75. The Labute approximate surface area is 144 Å². The number of hydrogen-bond donors (Lipinski definition) is 0. The molecule has 0 aliphatic rings. The van der Waals surface area contributed by atoms with Crippen molar-refractivity contribution >= 4 is 22.8 Å². The molecule has 0 bridgehead atoms. The van der Waals surface area contributed by atoms with Gasteiger partial charge in [0.2, 0.25) is 0 Å². The summed E-state index contributed by atoms with van der Waals surface area (Å²) in [6.07, 6.45) is 3.80. The van der Waals surface area contributed by atoms with Crippen molar-refractivity contribution in [1.29, 1.82) is 0 Å². The monoisotopic (exact) mass is 316 g/mol. The molecule has 0 aliphatic heterocycles. The van der Waals surface area contributed by atoms with Gasteiger partial charge in [-0.25, -0.2) is 0 Å². The van der Waals surface area contributed by atoms with Gasteiger partial charge in [0, 0.05) is 23.4 Å². The van der Waals surface area contributed by atoms with Gasteiger partial charge in [-0.2, -0.15) is 0 Å². The van der Waals surface area contributed by atoms with E-state index < -0.39 is 0 Å². The van der Waals surface area contributed by atoms with E-state index in [0.29, 0.717) is 11.8 Å². The molecule has 3 aromatic rings. The summed E-state index contributed by atoms with van der Waals surface area (Å²) in [5.41, 5.74) is 5.75. The lowest BCUT2D eigenvalue weighted by molar-refractivity contribution is 0.835. The van der Waals surface area contributed by atoms with E-state index in [2.05, 4.69) is 75.1 Å². The second-order valence-electron chi connectivity index (χ2n) is 6.78. The first kappa shape index (κ1) is 16.4. The topological polar surface area (TPSA) is 25.2 Å². The van der Waals surface area contributed by atoms with Crippen LogP contribution in [0.15, 0.2) is 59.7 Å². The van der Waals surface area contributed by atoms with Crippen LogP contribution in [0.4, 0.5) is 5.69 Å². The Morgan fingerprint density at radius 3 is 2.12 bits per heavy atom. The minimum Gasteiger partial charge on any atom is -0.256 e. The van der Waals surface area contributed by atoms with E-state index >= 15 is 0 Å². The van der Waals surface area contributed by atoms with Crippen LogP contribution in [0.1, 0.15) is 56.2 Å². The SMILES string of the molecule is CC(C)c1cccc(C(C)C)c1N=Cc1cccc2cccnc12. The largest absolute Gasteiger partial charge is 0.256 e. The fourth-order valence-electron chi connectivity index (χ4n) is 3.03. The quantitative estimate of drug-likeness (QED) is 0.523. The first-order valence-electron chi connectivity index (χ1n) is 8.58. The number of para-hydroxylation sites is 2. The Balaban J connectivity index is 2.11. The van der Waals surface area contributed by atoms with E-state index in [1.807, 2.05) is 18.5 Å². The molecule has 0 spiro atoms. The number of rotatable bonds is 4. The number of nitrogens with zero attached hydrogens (tertiary/aromatic N) is 2. The van der Waals surface area contributed by atoms with Crippen molar-refractivity contribution in [2.75, 3.05) is 0 Å². The van der Waals surface area contributed by atoms with E-state index in [-0.39, 0.29) is 0 Å². The molecule has 0 amide bonds. The molecule has 0 aliphatic carbocycles. The Hall–Kier alpha value is -2.48. The van der Waals surface area contributed by atoms with Gasteiger partial charge in [-0.05, 0) is 29.0 Å². The number of pyridine rings is 1. The Morgan fingerprint density at radius 2 is 1.46 bits per heavy atom. The smallest absolute Gasteiger partial charge is 0.0789 e. The maximum atomic E-state index is 4.90. The number of hydrogen-bond acceptors (Lipinski definition) is 2. The minimum atomic E-state index is 0.446. The second kappa shape index (κ2) is 6.96. The van der Waals surface area contributed by atoms with Gasteiger partial charge in [0.05, 0.1) is 11.2 Å². The van der Waals surface area contributed by atoms with Crippen molar-refractivity contribution in [3.8, 4) is 0 Å². The number of aromatic nitrogens is 1. The molecule has 0 fully saturated rings. The lowest BCUT2D eigenvalue weighted by atomic mass is 9.93. The highest BCUT2D eigenvalue weighted by atomic mass is 14.7. The van der Waals surface area contributed by atoms with Crippen LogP contribution in [0.2, 0.25) is 0 Å². The summed E-state index contributed by atoms with van der Waals surface area (Å²) in [5, 5.41) is 1.14. The molecule has 0 saturated heterocycles. The maximum Gasteiger partial charge on any atom is 0.0789 e. The molecule has 1 heterocycles. The lowest BCUT2D eigenvalue weighted by Gasteiger charge is -2.16. The average molecular weight is 316 g/mol. The van der Waals surface area contributed by atoms with E-state index in [9.17, 15) is 0 Å². The fourth-order valence-corrected chi connectivity index (χ4v) is 3.03. The predicted octanol–water partition coefficient (Wildman–Crippen LogP) is 6.23. The van der Waals surface area contributed by atoms with Gasteiger partial charge in [0.15, 0.2) is 0 Å². The maximum absolute atomic E-state index is 4.90. The van der Waals surface area contributed by atoms with E-state index in [1.54, 1.807) is 0 Å². The summed E-state index contributed by atoms with van der Waals surface area (Å²) >= 11 is 0. The first-order valence-corrected chi connectivity index (χ1v) is 8.58. The summed E-state index contributed by atoms with van der Waals surface area (Å²) in [6.45, 7) is 8.88.